The van der Waals surface area contributed by atoms with Crippen LogP contribution in [0.25, 0.3) is 23.0 Å². The smallest absolute Gasteiger partial charge is 0.137 e. The summed E-state index contributed by atoms with van der Waals surface area (Å²) in [6.45, 7) is 0. The number of carbonyl (C=O) groups is 1. The molecule has 0 atom stereocenters. The van der Waals surface area contributed by atoms with E-state index < -0.39 is 5.97 Å². The van der Waals surface area contributed by atoms with Crippen LogP contribution in [0, 0.1) is 0 Å². The maximum Gasteiger partial charge on any atom is 0.137 e. The van der Waals surface area contributed by atoms with E-state index in [4.69, 9.17) is 11.6 Å². The molecule has 0 saturated heterocycles. The van der Waals surface area contributed by atoms with E-state index in [1.807, 2.05) is 40.9 Å². The fourth-order valence-corrected chi connectivity index (χ4v) is 2.27. The summed E-state index contributed by atoms with van der Waals surface area (Å²) in [6, 6.07) is 12.8. The molecule has 0 amide bonds. The molecule has 0 unspecified atom stereocenters. The number of carboxylic acids is 1. The van der Waals surface area contributed by atoms with Gasteiger partial charge in [-0.15, -0.1) is 0 Å². The number of benzene rings is 1. The van der Waals surface area contributed by atoms with Crippen molar-refractivity contribution in [3.63, 3.8) is 0 Å². The molecule has 0 aliphatic rings. The first-order valence-corrected chi connectivity index (χ1v) is 6.65. The fourth-order valence-electron chi connectivity index (χ4n) is 2.14. The third-order valence-corrected chi connectivity index (χ3v) is 3.31. The van der Waals surface area contributed by atoms with Crippen molar-refractivity contribution in [2.45, 2.75) is 0 Å². The second kappa shape index (κ2) is 5.42. The second-order valence-corrected chi connectivity index (χ2v) is 4.87. The van der Waals surface area contributed by atoms with Gasteiger partial charge in [0, 0.05) is 16.8 Å². The number of pyridine rings is 1. The Balaban J connectivity index is 2.23. The molecule has 2 heterocycles. The van der Waals surface area contributed by atoms with E-state index in [0.717, 1.165) is 17.3 Å². The number of hydrogen-bond acceptors (Lipinski definition) is 3. The predicted molar refractivity (Wildman–Crippen MR) is 79.7 cm³/mol. The first kappa shape index (κ1) is 13.4. The number of aliphatic carboxylic acids is 1. The Labute approximate surface area is 125 Å². The highest BCUT2D eigenvalue weighted by Gasteiger charge is 2.11. The van der Waals surface area contributed by atoms with Gasteiger partial charge in [0.1, 0.15) is 5.65 Å². The van der Waals surface area contributed by atoms with E-state index in [0.29, 0.717) is 16.4 Å². The van der Waals surface area contributed by atoms with E-state index in [1.54, 1.807) is 12.1 Å². The molecular weight excluding hydrogens is 288 g/mol. The van der Waals surface area contributed by atoms with Crippen LogP contribution in [0.4, 0.5) is 0 Å². The average molecular weight is 298 g/mol. The van der Waals surface area contributed by atoms with Gasteiger partial charge < -0.3 is 9.90 Å². The Bertz CT molecular complexity index is 835. The molecule has 0 saturated carbocycles. The zero-order valence-corrected chi connectivity index (χ0v) is 11.6. The fraction of sp³-hybridized carbons (Fsp3) is 0. The standard InChI is InChI=1S/C16H11ClN2O2/c17-12-6-4-11(5-7-12)16-13(8-9-15(20)21)19-10-2-1-3-14(19)18-16/h1-10H,(H,20,21)/p-1/b9-8+. The lowest BCUT2D eigenvalue weighted by molar-refractivity contribution is -0.297. The molecule has 0 aliphatic carbocycles. The van der Waals surface area contributed by atoms with Gasteiger partial charge in [0.25, 0.3) is 0 Å². The summed E-state index contributed by atoms with van der Waals surface area (Å²) in [5.41, 5.74) is 2.97. The lowest BCUT2D eigenvalue weighted by Gasteiger charge is -2.01. The monoisotopic (exact) mass is 297 g/mol. The van der Waals surface area contributed by atoms with Gasteiger partial charge in [0.2, 0.25) is 0 Å². The van der Waals surface area contributed by atoms with Crippen molar-refractivity contribution in [3.05, 3.63) is 65.5 Å². The van der Waals surface area contributed by atoms with Crippen molar-refractivity contribution in [2.24, 2.45) is 0 Å². The Morgan fingerprint density at radius 2 is 1.95 bits per heavy atom. The molecular formula is C16H10ClN2O2-. The van der Waals surface area contributed by atoms with E-state index in [9.17, 15) is 9.90 Å². The maximum atomic E-state index is 10.7. The Morgan fingerprint density at radius 3 is 2.67 bits per heavy atom. The number of carboxylic acid groups (broad SMARTS) is 1. The number of fused-ring (bicyclic) bond motifs is 1. The molecule has 0 radical (unpaired) electrons. The van der Waals surface area contributed by atoms with Crippen LogP contribution in [0.5, 0.6) is 0 Å². The summed E-state index contributed by atoms with van der Waals surface area (Å²) >= 11 is 5.89. The first-order chi connectivity index (χ1) is 10.1. The van der Waals surface area contributed by atoms with Gasteiger partial charge >= 0.3 is 0 Å². The molecule has 21 heavy (non-hydrogen) atoms. The van der Waals surface area contributed by atoms with Crippen LogP contribution in [0.1, 0.15) is 5.69 Å². The third kappa shape index (κ3) is 2.66. The molecule has 3 aromatic rings. The average Bonchev–Trinajstić information content (AvgIpc) is 2.84. The molecule has 1 aromatic carbocycles. The molecule has 104 valence electrons. The lowest BCUT2D eigenvalue weighted by Crippen LogP contribution is -2.18. The van der Waals surface area contributed by atoms with Crippen LogP contribution >= 0.6 is 11.6 Å². The zero-order chi connectivity index (χ0) is 14.8. The molecule has 0 spiro atoms. The molecule has 0 bridgehead atoms. The van der Waals surface area contributed by atoms with Crippen LogP contribution in [0.15, 0.2) is 54.7 Å². The first-order valence-electron chi connectivity index (χ1n) is 6.27. The van der Waals surface area contributed by atoms with Gasteiger partial charge in [-0.1, -0.05) is 29.8 Å². The number of carbonyl (C=O) groups excluding carboxylic acids is 1. The van der Waals surface area contributed by atoms with Gasteiger partial charge in [-0.3, -0.25) is 4.40 Å². The molecule has 5 heteroatoms. The van der Waals surface area contributed by atoms with Crippen molar-refractivity contribution >= 4 is 29.3 Å². The quantitative estimate of drug-likeness (QED) is 0.698. The highest BCUT2D eigenvalue weighted by molar-refractivity contribution is 6.30. The highest BCUT2D eigenvalue weighted by atomic mass is 35.5. The van der Waals surface area contributed by atoms with E-state index in [1.165, 1.54) is 6.08 Å². The van der Waals surface area contributed by atoms with E-state index in [-0.39, 0.29) is 0 Å². The van der Waals surface area contributed by atoms with E-state index in [2.05, 4.69) is 4.98 Å². The van der Waals surface area contributed by atoms with Crippen LogP contribution in [0.3, 0.4) is 0 Å². The highest BCUT2D eigenvalue weighted by Crippen LogP contribution is 2.26. The molecule has 0 N–H and O–H groups in total. The Hall–Kier alpha value is -2.59. The van der Waals surface area contributed by atoms with Crippen LogP contribution in [-0.4, -0.2) is 15.4 Å². The number of hydrogen-bond donors (Lipinski definition) is 0. The molecule has 2 aromatic heterocycles. The summed E-state index contributed by atoms with van der Waals surface area (Å²) in [4.78, 5) is 15.2. The van der Waals surface area contributed by atoms with Crippen molar-refractivity contribution in [1.29, 1.82) is 0 Å². The van der Waals surface area contributed by atoms with Gasteiger partial charge in [0.05, 0.1) is 17.4 Å². The molecule has 4 nitrogen and oxygen atoms in total. The maximum absolute atomic E-state index is 10.7. The van der Waals surface area contributed by atoms with Gasteiger partial charge in [-0.05, 0) is 36.4 Å². The van der Waals surface area contributed by atoms with E-state index >= 15 is 0 Å². The minimum Gasteiger partial charge on any atom is -0.545 e. The third-order valence-electron chi connectivity index (χ3n) is 3.06. The second-order valence-electron chi connectivity index (χ2n) is 4.43. The van der Waals surface area contributed by atoms with Crippen LogP contribution in [0.2, 0.25) is 5.02 Å². The number of halogens is 1. The predicted octanol–water partition coefficient (Wildman–Crippen LogP) is 2.42. The summed E-state index contributed by atoms with van der Waals surface area (Å²) in [6.07, 6.45) is 4.31. The number of aromatic nitrogens is 2. The van der Waals surface area contributed by atoms with Crippen LogP contribution in [-0.2, 0) is 4.79 Å². The van der Waals surface area contributed by atoms with Crippen molar-refractivity contribution < 1.29 is 9.90 Å². The van der Waals surface area contributed by atoms with Gasteiger partial charge in [-0.25, -0.2) is 4.98 Å². The Morgan fingerprint density at radius 1 is 1.19 bits per heavy atom. The molecule has 0 aliphatic heterocycles. The van der Waals surface area contributed by atoms with Crippen molar-refractivity contribution in [3.8, 4) is 11.3 Å². The molecule has 3 rings (SSSR count). The molecule has 0 fully saturated rings. The Kier molecular flexibility index (Phi) is 3.46. The SMILES string of the molecule is O=C([O-])/C=C/c1c(-c2ccc(Cl)cc2)nc2ccccn12. The van der Waals surface area contributed by atoms with Crippen LogP contribution < -0.4 is 5.11 Å². The van der Waals surface area contributed by atoms with Gasteiger partial charge in [-0.2, -0.15) is 0 Å². The number of nitrogens with zero attached hydrogens (tertiary/aromatic N) is 2. The van der Waals surface area contributed by atoms with Gasteiger partial charge in [0.15, 0.2) is 0 Å². The minimum absolute atomic E-state index is 0.634. The topological polar surface area (TPSA) is 57.4 Å². The number of imidazole rings is 1. The minimum atomic E-state index is -1.25. The summed E-state index contributed by atoms with van der Waals surface area (Å²) in [5, 5.41) is 11.3. The number of rotatable bonds is 3. The normalized spacial score (nSPS) is 11.3. The van der Waals surface area contributed by atoms with Crippen molar-refractivity contribution in [1.82, 2.24) is 9.38 Å². The summed E-state index contributed by atoms with van der Waals surface area (Å²) in [7, 11) is 0. The largest absolute Gasteiger partial charge is 0.545 e. The summed E-state index contributed by atoms with van der Waals surface area (Å²) in [5.74, 6) is -1.25. The zero-order valence-electron chi connectivity index (χ0n) is 10.9. The van der Waals surface area contributed by atoms with Crippen molar-refractivity contribution in [2.75, 3.05) is 0 Å². The lowest BCUT2D eigenvalue weighted by atomic mass is 10.1. The summed E-state index contributed by atoms with van der Waals surface area (Å²) < 4.78 is 1.82.